The van der Waals surface area contributed by atoms with Gasteiger partial charge in [0.05, 0.1) is 16.6 Å². The van der Waals surface area contributed by atoms with Gasteiger partial charge in [-0.2, -0.15) is 0 Å². The number of nitrogens with zero attached hydrogens (tertiary/aromatic N) is 3. The summed E-state index contributed by atoms with van der Waals surface area (Å²) in [6.45, 7) is 0.592. The molecule has 4 N–H and O–H groups in total. The molecule has 2 aliphatic rings. The monoisotopic (exact) mass is 519 g/mol. The Morgan fingerprint density at radius 3 is 2.62 bits per heavy atom. The third-order valence-corrected chi connectivity index (χ3v) is 6.98. The van der Waals surface area contributed by atoms with Crippen molar-refractivity contribution in [3.8, 4) is 0 Å². The average molecular weight is 520 g/mol. The lowest BCUT2D eigenvalue weighted by Crippen LogP contribution is -2.42. The van der Waals surface area contributed by atoms with Crippen molar-refractivity contribution < 1.29 is 14.4 Å². The highest BCUT2D eigenvalue weighted by atomic mass is 35.5. The van der Waals surface area contributed by atoms with Crippen LogP contribution in [0.15, 0.2) is 55.0 Å². The van der Waals surface area contributed by atoms with Gasteiger partial charge in [-0.25, -0.2) is 9.78 Å². The van der Waals surface area contributed by atoms with E-state index in [-0.39, 0.29) is 28.4 Å². The van der Waals surface area contributed by atoms with Crippen molar-refractivity contribution in [3.63, 3.8) is 0 Å². The third kappa shape index (κ3) is 5.19. The maximum Gasteiger partial charge on any atom is 0.334 e. The van der Waals surface area contributed by atoms with E-state index >= 15 is 0 Å². The summed E-state index contributed by atoms with van der Waals surface area (Å²) in [5.74, 6) is -0.396. The molecule has 3 heterocycles. The van der Waals surface area contributed by atoms with Crippen LogP contribution < -0.4 is 21.5 Å². The molecule has 1 aliphatic heterocycles. The lowest BCUT2D eigenvalue weighted by molar-refractivity contribution is -0.128. The van der Waals surface area contributed by atoms with Crippen molar-refractivity contribution in [2.45, 2.75) is 31.3 Å². The van der Waals surface area contributed by atoms with Gasteiger partial charge in [-0.05, 0) is 53.6 Å². The smallest absolute Gasteiger partial charge is 0.334 e. The summed E-state index contributed by atoms with van der Waals surface area (Å²) in [7, 11) is 1.70. The number of fused-ring (bicyclic) bond motifs is 2. The third-order valence-electron chi connectivity index (χ3n) is 6.69. The van der Waals surface area contributed by atoms with Crippen LogP contribution in [0.2, 0.25) is 5.02 Å². The highest BCUT2D eigenvalue weighted by Gasteiger charge is 2.30. The lowest BCUT2D eigenvalue weighted by atomic mass is 9.96. The highest BCUT2D eigenvalue weighted by molar-refractivity contribution is 6.33. The fraction of sp³-hybridized carbons (Fsp3) is 0.269. The molecule has 0 bridgehead atoms. The van der Waals surface area contributed by atoms with Crippen LogP contribution >= 0.6 is 11.6 Å². The van der Waals surface area contributed by atoms with E-state index < -0.39 is 18.0 Å². The standard InChI is InChI=1S/C26H26ClN7O3/c1-34-11-9-21(25(34)36)30-24(35)17-12-20(27)23(29-14-17)32-33-26(37)31-22-18-5-3-2-4-15(18)6-7-16-13-28-10-8-19(16)22/h2-5,8,10,12-14,21-22H,6-7,9,11H2,1H3,(H,29,32)(H,30,35)(H2,31,33,37)/t21-,22?/m1/s1. The number of likely N-dealkylation sites (N-methyl/N-ethyl adjacent to an activating group) is 1. The van der Waals surface area contributed by atoms with Crippen LogP contribution in [0.25, 0.3) is 0 Å². The van der Waals surface area contributed by atoms with Crippen LogP contribution in [0.1, 0.15) is 45.1 Å². The minimum absolute atomic E-state index is 0.129. The Morgan fingerprint density at radius 1 is 1.05 bits per heavy atom. The number of amides is 4. The number of likely N-dealkylation sites (tertiary alicyclic amines) is 1. The topological polar surface area (TPSA) is 128 Å². The molecule has 1 aliphatic carbocycles. The first-order valence-electron chi connectivity index (χ1n) is 11.9. The van der Waals surface area contributed by atoms with Crippen LogP contribution in [0.5, 0.6) is 0 Å². The number of rotatable bonds is 5. The van der Waals surface area contributed by atoms with Crippen molar-refractivity contribution in [1.82, 2.24) is 30.9 Å². The van der Waals surface area contributed by atoms with E-state index in [2.05, 4.69) is 37.5 Å². The Morgan fingerprint density at radius 2 is 1.84 bits per heavy atom. The van der Waals surface area contributed by atoms with Crippen LogP contribution in [0.4, 0.5) is 10.6 Å². The maximum absolute atomic E-state index is 12.9. The van der Waals surface area contributed by atoms with Gasteiger partial charge in [0.25, 0.3) is 5.91 Å². The zero-order chi connectivity index (χ0) is 25.9. The van der Waals surface area contributed by atoms with E-state index in [1.165, 1.54) is 17.8 Å². The molecule has 3 aromatic rings. The number of halogens is 1. The van der Waals surface area contributed by atoms with Gasteiger partial charge in [0, 0.05) is 32.2 Å². The number of pyridine rings is 2. The van der Waals surface area contributed by atoms with Crippen molar-refractivity contribution in [2.75, 3.05) is 19.0 Å². The summed E-state index contributed by atoms with van der Waals surface area (Å²) in [5, 5.41) is 5.87. The van der Waals surface area contributed by atoms with Crippen LogP contribution in [0, 0.1) is 0 Å². The number of carbonyl (C=O) groups excluding carboxylic acids is 3. The predicted molar refractivity (Wildman–Crippen MR) is 138 cm³/mol. The zero-order valence-corrected chi connectivity index (χ0v) is 20.9. The first-order valence-corrected chi connectivity index (χ1v) is 12.3. The first-order chi connectivity index (χ1) is 17.9. The highest BCUT2D eigenvalue weighted by Crippen LogP contribution is 2.32. The van der Waals surface area contributed by atoms with Gasteiger partial charge in [-0.1, -0.05) is 35.9 Å². The number of urea groups is 1. The molecule has 10 nitrogen and oxygen atoms in total. The Kier molecular flexibility index (Phi) is 6.91. The van der Waals surface area contributed by atoms with Crippen molar-refractivity contribution in [3.05, 3.63) is 87.8 Å². The number of aromatic nitrogens is 2. The molecule has 190 valence electrons. The van der Waals surface area contributed by atoms with Gasteiger partial charge >= 0.3 is 6.03 Å². The molecule has 4 amide bonds. The number of hydrazine groups is 1. The Hall–Kier alpha value is -4.18. The Balaban J connectivity index is 1.24. The van der Waals surface area contributed by atoms with Crippen LogP contribution in [0.3, 0.4) is 0 Å². The summed E-state index contributed by atoms with van der Waals surface area (Å²) in [6, 6.07) is 10.00. The molecular weight excluding hydrogens is 494 g/mol. The molecule has 0 saturated carbocycles. The second kappa shape index (κ2) is 10.4. The zero-order valence-electron chi connectivity index (χ0n) is 20.1. The number of aryl methyl sites for hydroxylation is 2. The lowest BCUT2D eigenvalue weighted by Gasteiger charge is -2.22. The van der Waals surface area contributed by atoms with E-state index in [4.69, 9.17) is 11.6 Å². The van der Waals surface area contributed by atoms with Gasteiger partial charge in [0.2, 0.25) is 5.91 Å². The fourth-order valence-electron chi connectivity index (χ4n) is 4.70. The van der Waals surface area contributed by atoms with Gasteiger partial charge in [-0.3, -0.25) is 25.4 Å². The molecule has 37 heavy (non-hydrogen) atoms. The van der Waals surface area contributed by atoms with Gasteiger partial charge < -0.3 is 15.5 Å². The predicted octanol–water partition coefficient (Wildman–Crippen LogP) is 2.60. The summed E-state index contributed by atoms with van der Waals surface area (Å²) >= 11 is 6.31. The van der Waals surface area contributed by atoms with E-state index in [1.54, 1.807) is 18.1 Å². The summed E-state index contributed by atoms with van der Waals surface area (Å²) < 4.78 is 0. The minimum Gasteiger partial charge on any atom is -0.344 e. The van der Waals surface area contributed by atoms with E-state index in [0.717, 1.165) is 29.5 Å². The minimum atomic E-state index is -0.561. The number of anilines is 1. The number of benzene rings is 1. The molecule has 0 spiro atoms. The molecule has 1 unspecified atom stereocenters. The van der Waals surface area contributed by atoms with Gasteiger partial charge in [-0.15, -0.1) is 0 Å². The van der Waals surface area contributed by atoms with Crippen molar-refractivity contribution in [1.29, 1.82) is 0 Å². The first kappa shape index (κ1) is 24.5. The number of nitrogens with one attached hydrogen (secondary N) is 4. The average Bonchev–Trinajstić information content (AvgIpc) is 3.13. The second-order valence-electron chi connectivity index (χ2n) is 9.06. The van der Waals surface area contributed by atoms with E-state index in [0.29, 0.717) is 13.0 Å². The normalized spacial score (nSPS) is 18.3. The second-order valence-corrected chi connectivity index (χ2v) is 9.47. The molecular formula is C26H26ClN7O3. The molecule has 2 aromatic heterocycles. The molecule has 1 fully saturated rings. The van der Waals surface area contributed by atoms with Crippen LogP contribution in [-0.2, 0) is 17.6 Å². The van der Waals surface area contributed by atoms with E-state index in [1.807, 2.05) is 30.5 Å². The number of hydrogen-bond acceptors (Lipinski definition) is 6. The van der Waals surface area contributed by atoms with Gasteiger partial charge in [0.1, 0.15) is 6.04 Å². The summed E-state index contributed by atoms with van der Waals surface area (Å²) in [4.78, 5) is 47.5. The molecule has 2 atom stereocenters. The van der Waals surface area contributed by atoms with Crippen molar-refractivity contribution in [2.24, 2.45) is 0 Å². The SMILES string of the molecule is CN1CC[C@@H](NC(=O)c2cnc(NNC(=O)NC3c4ccccc4CCc4cnccc43)c(Cl)c2)C1=O. The summed E-state index contributed by atoms with van der Waals surface area (Å²) in [5.41, 5.74) is 9.77. The quantitative estimate of drug-likeness (QED) is 0.384. The molecule has 0 radical (unpaired) electrons. The fourth-order valence-corrected chi connectivity index (χ4v) is 4.91. The van der Waals surface area contributed by atoms with Gasteiger partial charge in [0.15, 0.2) is 5.82 Å². The van der Waals surface area contributed by atoms with Crippen molar-refractivity contribution >= 4 is 35.3 Å². The maximum atomic E-state index is 12.9. The Labute approximate surface area is 218 Å². The molecule has 11 heteroatoms. The van der Waals surface area contributed by atoms with E-state index in [9.17, 15) is 14.4 Å². The molecule has 1 saturated heterocycles. The number of hydrogen-bond donors (Lipinski definition) is 4. The largest absolute Gasteiger partial charge is 0.344 e. The molecule has 1 aromatic carbocycles. The molecule has 5 rings (SSSR count). The summed E-state index contributed by atoms with van der Waals surface area (Å²) in [6.07, 6.45) is 7.14. The Bertz CT molecular complexity index is 1320. The number of carbonyl (C=O) groups is 3. The van der Waals surface area contributed by atoms with Crippen LogP contribution in [-0.4, -0.2) is 52.3 Å².